The molecule has 0 bridgehead atoms. The zero-order chi connectivity index (χ0) is 15.4. The molecule has 116 valence electrons. The summed E-state index contributed by atoms with van der Waals surface area (Å²) in [5, 5.41) is 5.21. The van der Waals surface area contributed by atoms with E-state index in [4.69, 9.17) is 0 Å². The molecule has 1 N–H and O–H groups in total. The molecule has 1 aliphatic heterocycles. The van der Waals surface area contributed by atoms with Gasteiger partial charge in [-0.15, -0.1) is 11.3 Å². The van der Waals surface area contributed by atoms with Gasteiger partial charge in [0.2, 0.25) is 0 Å². The molecule has 1 aromatic carbocycles. The summed E-state index contributed by atoms with van der Waals surface area (Å²) in [4.78, 5) is 16.2. The van der Waals surface area contributed by atoms with Crippen LogP contribution >= 0.6 is 27.3 Å². The number of hydrogen-bond donors (Lipinski definition) is 1. The molecular weight excluding hydrogens is 360 g/mol. The second-order valence-corrected chi connectivity index (χ2v) is 7.30. The van der Waals surface area contributed by atoms with Gasteiger partial charge in [-0.1, -0.05) is 18.2 Å². The molecule has 1 saturated heterocycles. The van der Waals surface area contributed by atoms with Crippen molar-refractivity contribution in [2.24, 2.45) is 0 Å². The van der Waals surface area contributed by atoms with Crippen molar-refractivity contribution in [3.05, 3.63) is 56.7 Å². The Morgan fingerprint density at radius 1 is 1.23 bits per heavy atom. The highest BCUT2D eigenvalue weighted by Gasteiger charge is 2.25. The van der Waals surface area contributed by atoms with Crippen LogP contribution in [0.4, 0.5) is 0 Å². The predicted octanol–water partition coefficient (Wildman–Crippen LogP) is 4.08. The number of halogens is 1. The topological polar surface area (TPSA) is 32.3 Å². The zero-order valence-corrected chi connectivity index (χ0v) is 14.7. The predicted molar refractivity (Wildman–Crippen MR) is 94.3 cm³/mol. The van der Waals surface area contributed by atoms with Gasteiger partial charge < -0.3 is 5.32 Å². The van der Waals surface area contributed by atoms with Crippen molar-refractivity contribution in [3.63, 3.8) is 0 Å². The number of nitrogens with one attached hydrogen (secondary N) is 1. The van der Waals surface area contributed by atoms with E-state index in [0.717, 1.165) is 17.6 Å². The van der Waals surface area contributed by atoms with Gasteiger partial charge in [-0.05, 0) is 65.4 Å². The van der Waals surface area contributed by atoms with Crippen LogP contribution in [0.2, 0.25) is 0 Å². The van der Waals surface area contributed by atoms with Gasteiger partial charge in [-0.3, -0.25) is 9.69 Å². The van der Waals surface area contributed by atoms with E-state index in [0.29, 0.717) is 12.1 Å². The fraction of sp³-hybridized carbons (Fsp3) is 0.353. The molecule has 1 fully saturated rings. The molecule has 0 aliphatic carbocycles. The first-order chi connectivity index (χ1) is 10.8. The van der Waals surface area contributed by atoms with Crippen LogP contribution in [-0.2, 0) is 0 Å². The second kappa shape index (κ2) is 7.40. The van der Waals surface area contributed by atoms with Crippen molar-refractivity contribution < 1.29 is 4.79 Å². The van der Waals surface area contributed by atoms with Crippen molar-refractivity contribution in [2.45, 2.75) is 18.9 Å². The quantitative estimate of drug-likeness (QED) is 0.849. The molecule has 3 rings (SSSR count). The first kappa shape index (κ1) is 15.7. The summed E-state index contributed by atoms with van der Waals surface area (Å²) in [5.41, 5.74) is 0.689. The van der Waals surface area contributed by atoms with E-state index in [1.807, 2.05) is 24.3 Å². The summed E-state index contributed by atoms with van der Waals surface area (Å²) < 4.78 is 0.835. The average Bonchev–Trinajstić information content (AvgIpc) is 3.21. The number of carbonyl (C=O) groups excluding carboxylic acids is 1. The molecule has 2 aromatic rings. The minimum Gasteiger partial charge on any atom is -0.350 e. The number of rotatable bonds is 5. The lowest BCUT2D eigenvalue weighted by atomic mass is 10.2. The molecule has 2 heterocycles. The number of carbonyl (C=O) groups is 1. The molecule has 22 heavy (non-hydrogen) atoms. The fourth-order valence-electron chi connectivity index (χ4n) is 2.87. The van der Waals surface area contributed by atoms with Gasteiger partial charge in [0.25, 0.3) is 5.91 Å². The minimum absolute atomic E-state index is 0.0202. The van der Waals surface area contributed by atoms with Crippen molar-refractivity contribution in [1.82, 2.24) is 10.2 Å². The lowest BCUT2D eigenvalue weighted by Crippen LogP contribution is -2.36. The van der Waals surface area contributed by atoms with E-state index in [-0.39, 0.29) is 11.9 Å². The van der Waals surface area contributed by atoms with Crippen LogP contribution < -0.4 is 5.32 Å². The molecule has 1 aliphatic rings. The number of hydrogen-bond acceptors (Lipinski definition) is 3. The summed E-state index contributed by atoms with van der Waals surface area (Å²) in [5.74, 6) is -0.0202. The van der Waals surface area contributed by atoms with Crippen LogP contribution in [0, 0.1) is 0 Å². The minimum atomic E-state index is -0.0202. The van der Waals surface area contributed by atoms with E-state index in [2.05, 4.69) is 43.7 Å². The Labute approximate surface area is 143 Å². The van der Waals surface area contributed by atoms with Gasteiger partial charge in [0.05, 0.1) is 11.6 Å². The molecule has 3 nitrogen and oxygen atoms in total. The lowest BCUT2D eigenvalue weighted by molar-refractivity contribution is 0.0937. The van der Waals surface area contributed by atoms with E-state index in [1.165, 1.54) is 17.7 Å². The highest BCUT2D eigenvalue weighted by molar-refractivity contribution is 9.10. The van der Waals surface area contributed by atoms with E-state index < -0.39 is 0 Å². The summed E-state index contributed by atoms with van der Waals surface area (Å²) in [6, 6.07) is 12.1. The lowest BCUT2D eigenvalue weighted by Gasteiger charge is -2.27. The summed E-state index contributed by atoms with van der Waals surface area (Å²) in [6.45, 7) is 2.89. The third-order valence-electron chi connectivity index (χ3n) is 4.03. The average molecular weight is 379 g/mol. The highest BCUT2D eigenvalue weighted by Crippen LogP contribution is 2.28. The standard InChI is InChI=1S/C17H19BrN2OS/c18-14-7-2-1-6-13(14)17(21)19-12-15(16-8-5-11-22-16)20-9-3-4-10-20/h1-2,5-8,11,15H,3-4,9-10,12H2,(H,19,21). The number of thiophene rings is 1. The second-order valence-electron chi connectivity index (χ2n) is 5.46. The monoisotopic (exact) mass is 378 g/mol. The number of benzene rings is 1. The summed E-state index contributed by atoms with van der Waals surface area (Å²) in [7, 11) is 0. The van der Waals surface area contributed by atoms with Crippen LogP contribution in [0.3, 0.4) is 0 Å². The van der Waals surface area contributed by atoms with Gasteiger partial charge in [0, 0.05) is 15.9 Å². The molecule has 5 heteroatoms. The third kappa shape index (κ3) is 3.59. The van der Waals surface area contributed by atoms with Crippen LogP contribution in [-0.4, -0.2) is 30.4 Å². The molecule has 1 atom stereocenters. The van der Waals surface area contributed by atoms with Gasteiger partial charge in [-0.2, -0.15) is 0 Å². The smallest absolute Gasteiger partial charge is 0.252 e. The Hall–Kier alpha value is -1.17. The molecule has 1 aromatic heterocycles. The SMILES string of the molecule is O=C(NCC(c1cccs1)N1CCCC1)c1ccccc1Br. The first-order valence-corrected chi connectivity index (χ1v) is 9.23. The summed E-state index contributed by atoms with van der Waals surface area (Å²) in [6.07, 6.45) is 2.50. The number of likely N-dealkylation sites (tertiary alicyclic amines) is 1. The van der Waals surface area contributed by atoms with Gasteiger partial charge in [-0.25, -0.2) is 0 Å². The Morgan fingerprint density at radius 3 is 2.68 bits per heavy atom. The number of nitrogens with zero attached hydrogens (tertiary/aromatic N) is 1. The largest absolute Gasteiger partial charge is 0.350 e. The molecule has 0 radical (unpaired) electrons. The highest BCUT2D eigenvalue weighted by atomic mass is 79.9. The van der Waals surface area contributed by atoms with Crippen LogP contribution in [0.5, 0.6) is 0 Å². The Kier molecular flexibility index (Phi) is 5.28. The normalized spacial score (nSPS) is 16.6. The molecular formula is C17H19BrN2OS. The van der Waals surface area contributed by atoms with Crippen molar-refractivity contribution >= 4 is 33.2 Å². The van der Waals surface area contributed by atoms with Gasteiger partial charge in [0.15, 0.2) is 0 Å². The maximum absolute atomic E-state index is 12.4. The van der Waals surface area contributed by atoms with Crippen LogP contribution in [0.25, 0.3) is 0 Å². The molecule has 0 spiro atoms. The Morgan fingerprint density at radius 2 is 2.00 bits per heavy atom. The zero-order valence-electron chi connectivity index (χ0n) is 12.3. The third-order valence-corrected chi connectivity index (χ3v) is 5.69. The number of amides is 1. The Bertz CT molecular complexity index is 623. The van der Waals surface area contributed by atoms with Gasteiger partial charge in [0.1, 0.15) is 0 Å². The Balaban J connectivity index is 1.69. The van der Waals surface area contributed by atoms with Crippen molar-refractivity contribution in [3.8, 4) is 0 Å². The van der Waals surface area contributed by atoms with E-state index in [1.54, 1.807) is 11.3 Å². The molecule has 1 unspecified atom stereocenters. The maximum Gasteiger partial charge on any atom is 0.252 e. The fourth-order valence-corrected chi connectivity index (χ4v) is 4.20. The van der Waals surface area contributed by atoms with Gasteiger partial charge >= 0.3 is 0 Å². The van der Waals surface area contributed by atoms with Crippen molar-refractivity contribution in [2.75, 3.05) is 19.6 Å². The van der Waals surface area contributed by atoms with E-state index in [9.17, 15) is 4.79 Å². The van der Waals surface area contributed by atoms with Crippen LogP contribution in [0.1, 0.15) is 34.1 Å². The molecule has 1 amide bonds. The van der Waals surface area contributed by atoms with E-state index >= 15 is 0 Å². The van der Waals surface area contributed by atoms with Crippen molar-refractivity contribution in [1.29, 1.82) is 0 Å². The summed E-state index contributed by atoms with van der Waals surface area (Å²) >= 11 is 5.21. The van der Waals surface area contributed by atoms with Crippen LogP contribution in [0.15, 0.2) is 46.3 Å². The maximum atomic E-state index is 12.4. The first-order valence-electron chi connectivity index (χ1n) is 7.56. The molecule has 0 saturated carbocycles.